The molecule has 128 valence electrons. The second-order valence-electron chi connectivity index (χ2n) is 5.56. The van der Waals surface area contributed by atoms with Gasteiger partial charge in [-0.2, -0.15) is 13.2 Å². The molecule has 0 bridgehead atoms. The summed E-state index contributed by atoms with van der Waals surface area (Å²) in [5, 5.41) is 5.28. The van der Waals surface area contributed by atoms with Crippen LogP contribution < -0.4 is 10.6 Å². The van der Waals surface area contributed by atoms with Crippen LogP contribution in [0.5, 0.6) is 0 Å². The smallest absolute Gasteiger partial charge is 0.350 e. The topological polar surface area (TPSA) is 66.9 Å². The van der Waals surface area contributed by atoms with E-state index in [0.717, 1.165) is 12.4 Å². The minimum atomic E-state index is -4.49. The van der Waals surface area contributed by atoms with Gasteiger partial charge in [-0.1, -0.05) is 26.0 Å². The molecule has 24 heavy (non-hydrogen) atoms. The zero-order valence-electron chi connectivity index (χ0n) is 13.2. The summed E-state index contributed by atoms with van der Waals surface area (Å²) in [6.45, 7) is 4.37. The molecule has 2 N–H and O–H groups in total. The van der Waals surface area contributed by atoms with Crippen LogP contribution in [-0.2, 0) is 6.18 Å². The minimum Gasteiger partial charge on any atom is -0.350 e. The number of anilines is 2. The molecule has 0 unspecified atom stereocenters. The molecule has 2 rings (SSSR count). The van der Waals surface area contributed by atoms with Gasteiger partial charge >= 0.3 is 6.18 Å². The van der Waals surface area contributed by atoms with Crippen molar-refractivity contribution >= 4 is 17.4 Å². The van der Waals surface area contributed by atoms with E-state index in [9.17, 15) is 18.0 Å². The highest BCUT2D eigenvalue weighted by Gasteiger charge is 2.33. The summed E-state index contributed by atoms with van der Waals surface area (Å²) >= 11 is 0. The zero-order chi connectivity index (χ0) is 17.7. The van der Waals surface area contributed by atoms with Crippen molar-refractivity contribution in [1.82, 2.24) is 15.3 Å². The molecule has 0 aliphatic heterocycles. The molecule has 0 fully saturated rings. The predicted octanol–water partition coefficient (Wildman–Crippen LogP) is 3.62. The Morgan fingerprint density at radius 1 is 1.21 bits per heavy atom. The number of benzene rings is 1. The van der Waals surface area contributed by atoms with Crippen LogP contribution in [0.3, 0.4) is 0 Å². The van der Waals surface area contributed by atoms with Gasteiger partial charge in [0.2, 0.25) is 0 Å². The van der Waals surface area contributed by atoms with Gasteiger partial charge in [0.1, 0.15) is 17.8 Å². The van der Waals surface area contributed by atoms with Gasteiger partial charge < -0.3 is 10.6 Å². The first-order chi connectivity index (χ1) is 11.3. The normalized spacial score (nSPS) is 11.4. The van der Waals surface area contributed by atoms with Crippen LogP contribution in [-0.4, -0.2) is 22.4 Å². The number of aromatic nitrogens is 2. The van der Waals surface area contributed by atoms with Crippen LogP contribution in [0.2, 0.25) is 0 Å². The third kappa shape index (κ3) is 4.68. The monoisotopic (exact) mass is 338 g/mol. The lowest BCUT2D eigenvalue weighted by Gasteiger charge is -2.14. The average molecular weight is 338 g/mol. The van der Waals surface area contributed by atoms with Crippen molar-refractivity contribution in [3.05, 3.63) is 47.9 Å². The minimum absolute atomic E-state index is 0.0811. The largest absolute Gasteiger partial charge is 0.418 e. The van der Waals surface area contributed by atoms with E-state index in [1.54, 1.807) is 0 Å². The molecular weight excluding hydrogens is 321 g/mol. The van der Waals surface area contributed by atoms with Gasteiger partial charge in [0, 0.05) is 12.6 Å². The van der Waals surface area contributed by atoms with Crippen LogP contribution in [0.1, 0.15) is 29.9 Å². The molecule has 0 atom stereocenters. The van der Waals surface area contributed by atoms with Crippen molar-refractivity contribution in [3.8, 4) is 0 Å². The van der Waals surface area contributed by atoms with E-state index in [4.69, 9.17) is 0 Å². The molecular formula is C16H17F3N4O. The Morgan fingerprint density at radius 3 is 2.58 bits per heavy atom. The Morgan fingerprint density at radius 2 is 1.92 bits per heavy atom. The van der Waals surface area contributed by atoms with E-state index < -0.39 is 17.6 Å². The molecule has 1 amide bonds. The second kappa shape index (κ2) is 7.29. The fraction of sp³-hybridized carbons (Fsp3) is 0.312. The number of hydrogen-bond donors (Lipinski definition) is 2. The molecule has 8 heteroatoms. The number of rotatable bonds is 5. The molecule has 0 saturated heterocycles. The van der Waals surface area contributed by atoms with Crippen LogP contribution >= 0.6 is 0 Å². The molecule has 1 aromatic carbocycles. The van der Waals surface area contributed by atoms with Crippen LogP contribution in [0.25, 0.3) is 0 Å². The molecule has 5 nitrogen and oxygen atoms in total. The molecule has 0 aliphatic rings. The van der Waals surface area contributed by atoms with Crippen LogP contribution in [0, 0.1) is 5.92 Å². The number of nitrogens with one attached hydrogen (secondary N) is 2. The first kappa shape index (κ1) is 17.7. The SMILES string of the molecule is CC(C)CNC(=O)c1cc(Nc2ccccc2C(F)(F)F)ncn1. The molecule has 0 radical (unpaired) electrons. The predicted molar refractivity (Wildman–Crippen MR) is 83.9 cm³/mol. The van der Waals surface area contributed by atoms with Gasteiger partial charge in [-0.05, 0) is 18.1 Å². The Hall–Kier alpha value is -2.64. The van der Waals surface area contributed by atoms with Crippen LogP contribution in [0.4, 0.5) is 24.7 Å². The molecule has 0 spiro atoms. The lowest BCUT2D eigenvalue weighted by atomic mass is 10.1. The van der Waals surface area contributed by atoms with E-state index in [1.807, 2.05) is 13.8 Å². The van der Waals surface area contributed by atoms with Crippen molar-refractivity contribution < 1.29 is 18.0 Å². The van der Waals surface area contributed by atoms with Gasteiger partial charge in [0.15, 0.2) is 0 Å². The van der Waals surface area contributed by atoms with E-state index >= 15 is 0 Å². The first-order valence-corrected chi connectivity index (χ1v) is 7.31. The second-order valence-corrected chi connectivity index (χ2v) is 5.56. The molecule has 2 aromatic rings. The van der Waals surface area contributed by atoms with Crippen molar-refractivity contribution in [2.24, 2.45) is 5.92 Å². The Labute approximate surface area is 137 Å². The van der Waals surface area contributed by atoms with Gasteiger partial charge in [-0.25, -0.2) is 9.97 Å². The molecule has 0 saturated carbocycles. The van der Waals surface area contributed by atoms with E-state index in [2.05, 4.69) is 20.6 Å². The fourth-order valence-electron chi connectivity index (χ4n) is 1.91. The average Bonchev–Trinajstić information content (AvgIpc) is 2.52. The van der Waals surface area contributed by atoms with Crippen molar-refractivity contribution in [3.63, 3.8) is 0 Å². The first-order valence-electron chi connectivity index (χ1n) is 7.31. The summed E-state index contributed by atoms with van der Waals surface area (Å²) in [6, 6.07) is 6.36. The van der Waals surface area contributed by atoms with Gasteiger partial charge in [0.25, 0.3) is 5.91 Å². The van der Waals surface area contributed by atoms with Gasteiger partial charge in [0.05, 0.1) is 11.3 Å². The highest BCUT2D eigenvalue weighted by atomic mass is 19.4. The summed E-state index contributed by atoms with van der Waals surface area (Å²) < 4.78 is 39.0. The number of halogens is 3. The van der Waals surface area contributed by atoms with Crippen molar-refractivity contribution in [2.45, 2.75) is 20.0 Å². The Kier molecular flexibility index (Phi) is 5.38. The number of hydrogen-bond acceptors (Lipinski definition) is 4. The third-order valence-corrected chi connectivity index (χ3v) is 3.07. The standard InChI is InChI=1S/C16H17F3N4O/c1-10(2)8-20-15(24)13-7-14(22-9-21-13)23-12-6-4-3-5-11(12)16(17,18)19/h3-7,9-10H,8H2,1-2H3,(H,20,24)(H,21,22,23). The Balaban J connectivity index is 2.20. The van der Waals surface area contributed by atoms with E-state index in [1.165, 1.54) is 24.3 Å². The number of carbonyl (C=O) groups excluding carboxylic acids is 1. The highest BCUT2D eigenvalue weighted by molar-refractivity contribution is 5.93. The summed E-state index contributed by atoms with van der Waals surface area (Å²) in [5.74, 6) is -0.0262. The fourth-order valence-corrected chi connectivity index (χ4v) is 1.91. The number of amides is 1. The summed E-state index contributed by atoms with van der Waals surface area (Å²) in [5.41, 5.74) is -0.871. The van der Waals surface area contributed by atoms with Crippen molar-refractivity contribution in [2.75, 3.05) is 11.9 Å². The van der Waals surface area contributed by atoms with Gasteiger partial charge in [-0.15, -0.1) is 0 Å². The van der Waals surface area contributed by atoms with Gasteiger partial charge in [-0.3, -0.25) is 4.79 Å². The quantitative estimate of drug-likeness (QED) is 0.874. The third-order valence-electron chi connectivity index (χ3n) is 3.07. The van der Waals surface area contributed by atoms with Crippen LogP contribution in [0.15, 0.2) is 36.7 Å². The maximum atomic E-state index is 13.0. The highest BCUT2D eigenvalue weighted by Crippen LogP contribution is 2.35. The molecule has 0 aliphatic carbocycles. The molecule has 1 aromatic heterocycles. The number of para-hydroxylation sites is 1. The van der Waals surface area contributed by atoms with E-state index in [-0.39, 0.29) is 23.1 Å². The summed E-state index contributed by atoms with van der Waals surface area (Å²) in [4.78, 5) is 19.7. The maximum Gasteiger partial charge on any atom is 0.418 e. The maximum absolute atomic E-state index is 13.0. The number of alkyl halides is 3. The Bertz CT molecular complexity index is 716. The number of nitrogens with zero attached hydrogens (tertiary/aromatic N) is 2. The zero-order valence-corrected chi connectivity index (χ0v) is 13.2. The number of carbonyl (C=O) groups is 1. The molecule has 1 heterocycles. The summed E-state index contributed by atoms with van der Waals surface area (Å²) in [7, 11) is 0. The lowest BCUT2D eigenvalue weighted by Crippen LogP contribution is -2.28. The summed E-state index contributed by atoms with van der Waals surface area (Å²) in [6.07, 6.45) is -3.36. The van der Waals surface area contributed by atoms with E-state index in [0.29, 0.717) is 6.54 Å². The lowest BCUT2D eigenvalue weighted by molar-refractivity contribution is -0.136. The van der Waals surface area contributed by atoms with Crippen molar-refractivity contribution in [1.29, 1.82) is 0 Å².